The van der Waals surface area contributed by atoms with E-state index in [2.05, 4.69) is 0 Å². The van der Waals surface area contributed by atoms with E-state index >= 15 is 0 Å². The zero-order valence-corrected chi connectivity index (χ0v) is 14.1. The second-order valence-corrected chi connectivity index (χ2v) is 4.92. The van der Waals surface area contributed by atoms with Crippen molar-refractivity contribution in [3.8, 4) is 0 Å². The molecule has 4 atom stereocenters. The minimum Gasteiger partial charge on any atom is -0.457 e. The second-order valence-electron chi connectivity index (χ2n) is 4.92. The lowest BCUT2D eigenvalue weighted by Crippen LogP contribution is -2.55. The Morgan fingerprint density at radius 3 is 1.04 bits per heavy atom. The molecule has 0 saturated carbocycles. The molecule has 0 saturated heterocycles. The van der Waals surface area contributed by atoms with Crippen LogP contribution in [0, 0.1) is 0 Å². The summed E-state index contributed by atoms with van der Waals surface area (Å²) in [4.78, 5) is 45.3. The van der Waals surface area contributed by atoms with Crippen molar-refractivity contribution in [3.05, 3.63) is 0 Å². The molecule has 0 spiro atoms. The second kappa shape index (κ2) is 10.6. The first-order valence-electron chi connectivity index (χ1n) is 7.21. The number of ether oxygens (including phenoxy) is 4. The zero-order valence-electron chi connectivity index (χ0n) is 14.1. The number of carbonyl (C=O) groups is 4. The van der Waals surface area contributed by atoms with E-state index in [1.54, 1.807) is 0 Å². The monoisotopic (exact) mass is 348 g/mol. The summed E-state index contributed by atoms with van der Waals surface area (Å²) in [5, 5.41) is 0. The quantitative estimate of drug-likeness (QED) is 0.376. The first kappa shape index (κ1) is 21.8. The van der Waals surface area contributed by atoms with E-state index in [0.717, 1.165) is 27.7 Å². The Morgan fingerprint density at radius 2 is 0.875 bits per heavy atom. The van der Waals surface area contributed by atoms with Gasteiger partial charge in [-0.1, -0.05) is 0 Å². The fraction of sp³-hybridized carbons (Fsp3) is 0.714. The lowest BCUT2D eigenvalue weighted by Gasteiger charge is -2.34. The maximum atomic E-state index is 11.4. The Kier molecular flexibility index (Phi) is 9.58. The molecule has 0 unspecified atom stereocenters. The molecule has 0 fully saturated rings. The van der Waals surface area contributed by atoms with Crippen LogP contribution in [0.3, 0.4) is 0 Å². The van der Waals surface area contributed by atoms with E-state index < -0.39 is 48.3 Å². The molecule has 0 bridgehead atoms. The van der Waals surface area contributed by atoms with Crippen LogP contribution in [0.5, 0.6) is 0 Å². The summed E-state index contributed by atoms with van der Waals surface area (Å²) in [7, 11) is 0. The Labute approximate surface area is 139 Å². The number of hydrogen-bond acceptors (Lipinski definition) is 10. The topological polar surface area (TPSA) is 157 Å². The normalized spacial score (nSPS) is 15.4. The maximum absolute atomic E-state index is 11.4. The summed E-state index contributed by atoms with van der Waals surface area (Å²) >= 11 is 0. The Bertz CT molecular complexity index is 426. The number of nitrogens with two attached hydrogens (primary N) is 2. The number of rotatable bonds is 9. The molecular formula is C14H24N2O8. The van der Waals surface area contributed by atoms with Crippen molar-refractivity contribution in [2.24, 2.45) is 11.5 Å². The number of hydrogen-bond donors (Lipinski definition) is 2. The van der Waals surface area contributed by atoms with Gasteiger partial charge in [0.05, 0.1) is 0 Å². The van der Waals surface area contributed by atoms with Gasteiger partial charge in [-0.15, -0.1) is 0 Å². The van der Waals surface area contributed by atoms with Crippen molar-refractivity contribution >= 4 is 23.9 Å². The van der Waals surface area contributed by atoms with E-state index in [0.29, 0.717) is 0 Å². The lowest BCUT2D eigenvalue weighted by molar-refractivity contribution is -0.196. The van der Waals surface area contributed by atoms with Gasteiger partial charge in [-0.2, -0.15) is 0 Å². The number of carbonyl (C=O) groups excluding carboxylic acids is 4. The Balaban J connectivity index is 5.74. The van der Waals surface area contributed by atoms with Crippen LogP contribution in [0.15, 0.2) is 0 Å². The van der Waals surface area contributed by atoms with Crippen LogP contribution >= 0.6 is 0 Å². The van der Waals surface area contributed by atoms with Crippen LogP contribution in [0.25, 0.3) is 0 Å². The van der Waals surface area contributed by atoms with Crippen molar-refractivity contribution < 1.29 is 38.1 Å². The molecule has 4 N–H and O–H groups in total. The summed E-state index contributed by atoms with van der Waals surface area (Å²) in [5.74, 6) is -2.83. The summed E-state index contributed by atoms with van der Waals surface area (Å²) in [6.07, 6.45) is -4.85. The molecule has 24 heavy (non-hydrogen) atoms. The van der Waals surface area contributed by atoms with E-state index in [-0.39, 0.29) is 13.1 Å². The zero-order chi connectivity index (χ0) is 18.9. The van der Waals surface area contributed by atoms with Gasteiger partial charge in [0, 0.05) is 40.8 Å². The number of esters is 4. The van der Waals surface area contributed by atoms with Crippen molar-refractivity contribution in [1.29, 1.82) is 0 Å². The van der Waals surface area contributed by atoms with Gasteiger partial charge in [-0.05, 0) is 0 Å². The first-order valence-corrected chi connectivity index (χ1v) is 7.21. The molecule has 0 aromatic heterocycles. The van der Waals surface area contributed by atoms with Crippen LogP contribution in [0.1, 0.15) is 27.7 Å². The van der Waals surface area contributed by atoms with E-state index in [1.807, 2.05) is 0 Å². The summed E-state index contributed by atoms with van der Waals surface area (Å²) < 4.78 is 20.2. The average molecular weight is 348 g/mol. The van der Waals surface area contributed by atoms with Crippen LogP contribution in [-0.2, 0) is 38.1 Å². The lowest BCUT2D eigenvalue weighted by atomic mass is 10.0. The van der Waals surface area contributed by atoms with E-state index in [4.69, 9.17) is 30.4 Å². The van der Waals surface area contributed by atoms with Gasteiger partial charge in [0.1, 0.15) is 0 Å². The third kappa shape index (κ3) is 7.88. The van der Waals surface area contributed by atoms with Gasteiger partial charge >= 0.3 is 23.9 Å². The van der Waals surface area contributed by atoms with Gasteiger partial charge in [-0.3, -0.25) is 19.2 Å². The summed E-state index contributed by atoms with van der Waals surface area (Å²) in [6, 6.07) is 0. The molecular weight excluding hydrogens is 324 g/mol. The molecule has 10 heteroatoms. The fourth-order valence-electron chi connectivity index (χ4n) is 2.02. The van der Waals surface area contributed by atoms with Crippen molar-refractivity contribution in [3.63, 3.8) is 0 Å². The van der Waals surface area contributed by atoms with Gasteiger partial charge in [0.15, 0.2) is 24.4 Å². The van der Waals surface area contributed by atoms with Crippen LogP contribution in [0.2, 0.25) is 0 Å². The molecule has 0 radical (unpaired) electrons. The van der Waals surface area contributed by atoms with Crippen LogP contribution in [-0.4, -0.2) is 61.4 Å². The maximum Gasteiger partial charge on any atom is 0.303 e. The van der Waals surface area contributed by atoms with E-state index in [9.17, 15) is 19.2 Å². The highest BCUT2D eigenvalue weighted by molar-refractivity contribution is 5.69. The highest BCUT2D eigenvalue weighted by Crippen LogP contribution is 2.18. The molecule has 138 valence electrons. The highest BCUT2D eigenvalue weighted by atomic mass is 16.6. The minimum absolute atomic E-state index is 0.230. The molecule has 0 aliphatic heterocycles. The van der Waals surface area contributed by atoms with Crippen LogP contribution in [0.4, 0.5) is 0 Å². The SMILES string of the molecule is CC(=O)O[C@@H]([C@H](OC(C)=O)[C@@H](CN)OC(C)=O)[C@@H](CN)OC(C)=O. The predicted molar refractivity (Wildman–Crippen MR) is 80.3 cm³/mol. The van der Waals surface area contributed by atoms with E-state index in [1.165, 1.54) is 0 Å². The standard InChI is InChI=1S/C14H24N2O8/c1-7(17)21-11(5-15)13(23-9(3)19)14(24-10(4)20)12(6-16)22-8(2)18/h11-14H,5-6,15-16H2,1-4H3/t11-,12-,13-,14-/m1/s1. The summed E-state index contributed by atoms with van der Waals surface area (Å²) in [5.41, 5.74) is 11.1. The molecule has 0 heterocycles. The molecule has 10 nitrogen and oxygen atoms in total. The Morgan fingerprint density at radius 1 is 0.625 bits per heavy atom. The molecule has 0 aromatic rings. The molecule has 0 amide bonds. The smallest absolute Gasteiger partial charge is 0.303 e. The first-order chi connectivity index (χ1) is 11.1. The average Bonchev–Trinajstić information content (AvgIpc) is 2.45. The van der Waals surface area contributed by atoms with Gasteiger partial charge < -0.3 is 30.4 Å². The molecule has 0 aromatic carbocycles. The van der Waals surface area contributed by atoms with Crippen molar-refractivity contribution in [2.75, 3.05) is 13.1 Å². The fourth-order valence-corrected chi connectivity index (χ4v) is 2.02. The van der Waals surface area contributed by atoms with Gasteiger partial charge in [0.2, 0.25) is 0 Å². The Hall–Kier alpha value is -2.20. The third-order valence-corrected chi connectivity index (χ3v) is 2.76. The molecule has 0 aliphatic rings. The molecule has 0 rings (SSSR count). The minimum atomic E-state index is -1.30. The third-order valence-electron chi connectivity index (χ3n) is 2.76. The summed E-state index contributed by atoms with van der Waals surface area (Å²) in [6.45, 7) is 4.05. The van der Waals surface area contributed by atoms with Crippen molar-refractivity contribution in [2.45, 2.75) is 52.1 Å². The van der Waals surface area contributed by atoms with Gasteiger partial charge in [0.25, 0.3) is 0 Å². The predicted octanol–water partition coefficient (Wildman–Crippen LogP) is -1.37. The van der Waals surface area contributed by atoms with Crippen LogP contribution < -0.4 is 11.5 Å². The largest absolute Gasteiger partial charge is 0.457 e. The highest BCUT2D eigenvalue weighted by Gasteiger charge is 2.42. The molecule has 0 aliphatic carbocycles. The van der Waals surface area contributed by atoms with Gasteiger partial charge in [-0.25, -0.2) is 0 Å². The van der Waals surface area contributed by atoms with Crippen molar-refractivity contribution in [1.82, 2.24) is 0 Å².